The first-order valence-electron chi connectivity index (χ1n) is 12.1. The third-order valence-electron chi connectivity index (χ3n) is 6.71. The van der Waals surface area contributed by atoms with Crippen molar-refractivity contribution in [3.63, 3.8) is 0 Å². The minimum Gasteiger partial charge on any atom is -0.494 e. The van der Waals surface area contributed by atoms with E-state index in [2.05, 4.69) is 57.7 Å². The Morgan fingerprint density at radius 3 is 2.47 bits per heavy atom. The molecule has 8 nitrogen and oxygen atoms in total. The summed E-state index contributed by atoms with van der Waals surface area (Å²) in [7, 11) is -1.97. The van der Waals surface area contributed by atoms with Crippen molar-refractivity contribution in [2.24, 2.45) is 0 Å². The number of nitrogens with one attached hydrogen (secondary N) is 2. The van der Waals surface area contributed by atoms with Crippen molar-refractivity contribution in [3.8, 4) is 11.4 Å². The Hall–Kier alpha value is -3.89. The van der Waals surface area contributed by atoms with Crippen molar-refractivity contribution in [2.45, 2.75) is 25.9 Å². The zero-order valence-electron chi connectivity index (χ0n) is 21.5. The van der Waals surface area contributed by atoms with Crippen LogP contribution in [0.4, 0.5) is 11.4 Å². The monoisotopic (exact) mass is 547 g/mol. The van der Waals surface area contributed by atoms with Gasteiger partial charge in [0.1, 0.15) is 11.8 Å². The normalized spacial score (nSPS) is 17.4. The van der Waals surface area contributed by atoms with E-state index in [4.69, 9.17) is 17.0 Å². The van der Waals surface area contributed by atoms with Crippen molar-refractivity contribution in [3.05, 3.63) is 102 Å². The van der Waals surface area contributed by atoms with Gasteiger partial charge < -0.3 is 19.5 Å². The van der Waals surface area contributed by atoms with Crippen molar-refractivity contribution in [1.82, 2.24) is 14.9 Å². The number of benzene rings is 2. The molecule has 2 aromatic heterocycles. The van der Waals surface area contributed by atoms with Gasteiger partial charge in [0, 0.05) is 35.5 Å². The molecule has 0 spiro atoms. The predicted octanol–water partition coefficient (Wildman–Crippen LogP) is 5.05. The minimum absolute atomic E-state index is 0.233. The first kappa shape index (κ1) is 25.7. The van der Waals surface area contributed by atoms with E-state index in [1.165, 1.54) is 18.2 Å². The second-order valence-electron chi connectivity index (χ2n) is 9.33. The molecule has 1 aliphatic rings. The van der Waals surface area contributed by atoms with Crippen LogP contribution >= 0.6 is 12.2 Å². The molecular formula is C28H29N5O3S2. The number of methoxy groups -OCH3 is 1. The van der Waals surface area contributed by atoms with E-state index in [0.29, 0.717) is 16.5 Å². The summed E-state index contributed by atoms with van der Waals surface area (Å²) < 4.78 is 34.0. The fourth-order valence-corrected chi connectivity index (χ4v) is 5.71. The summed E-state index contributed by atoms with van der Waals surface area (Å²) in [5.41, 5.74) is 6.48. The molecule has 2 aromatic carbocycles. The van der Waals surface area contributed by atoms with Crippen LogP contribution in [0.15, 0.2) is 79.1 Å². The third kappa shape index (κ3) is 4.97. The Bertz CT molecular complexity index is 1600. The lowest BCUT2D eigenvalue weighted by atomic mass is 10.0. The molecule has 1 fully saturated rings. The number of sulfonamides is 1. The van der Waals surface area contributed by atoms with Crippen molar-refractivity contribution in [1.29, 1.82) is 0 Å². The molecule has 1 saturated heterocycles. The Labute approximate surface area is 228 Å². The Morgan fingerprint density at radius 1 is 1.00 bits per heavy atom. The van der Waals surface area contributed by atoms with Crippen molar-refractivity contribution < 1.29 is 13.2 Å². The van der Waals surface area contributed by atoms with Crippen LogP contribution in [0.5, 0.6) is 5.75 Å². The lowest BCUT2D eigenvalue weighted by Crippen LogP contribution is -2.30. The van der Waals surface area contributed by atoms with E-state index in [0.717, 1.165) is 29.0 Å². The van der Waals surface area contributed by atoms with E-state index < -0.39 is 10.0 Å². The second kappa shape index (κ2) is 10.1. The summed E-state index contributed by atoms with van der Waals surface area (Å²) in [4.78, 5) is 6.68. The Balaban J connectivity index is 1.65. The van der Waals surface area contributed by atoms with Crippen LogP contribution in [0.3, 0.4) is 0 Å². The largest absolute Gasteiger partial charge is 0.494 e. The minimum atomic E-state index is -3.48. The van der Waals surface area contributed by atoms with E-state index in [-0.39, 0.29) is 12.1 Å². The molecular weight excluding hydrogens is 518 g/mol. The number of hydrogen-bond donors (Lipinski definition) is 2. The van der Waals surface area contributed by atoms with Gasteiger partial charge in [-0.15, -0.1) is 0 Å². The van der Waals surface area contributed by atoms with Gasteiger partial charge in [-0.3, -0.25) is 9.71 Å². The Morgan fingerprint density at radius 2 is 1.79 bits per heavy atom. The molecule has 3 heterocycles. The molecule has 0 amide bonds. The first-order chi connectivity index (χ1) is 18.2. The smallest absolute Gasteiger partial charge is 0.229 e. The summed E-state index contributed by atoms with van der Waals surface area (Å²) in [6.45, 7) is 4.21. The van der Waals surface area contributed by atoms with Gasteiger partial charge in [0.15, 0.2) is 5.11 Å². The molecule has 1 aliphatic heterocycles. The highest BCUT2D eigenvalue weighted by Crippen LogP contribution is 2.44. The molecule has 38 heavy (non-hydrogen) atoms. The number of pyridine rings is 1. The van der Waals surface area contributed by atoms with Crippen LogP contribution in [0.1, 0.15) is 34.6 Å². The molecule has 10 heteroatoms. The molecule has 2 N–H and O–H groups in total. The highest BCUT2D eigenvalue weighted by Gasteiger charge is 2.42. The number of nitrogens with zero attached hydrogens (tertiary/aromatic N) is 3. The first-order valence-corrected chi connectivity index (χ1v) is 14.4. The quantitative estimate of drug-likeness (QED) is 0.313. The number of hydrogen-bond acceptors (Lipinski definition) is 5. The number of rotatable bonds is 7. The summed E-state index contributed by atoms with van der Waals surface area (Å²) in [5.74, 6) is 0.389. The summed E-state index contributed by atoms with van der Waals surface area (Å²) in [6, 6.07) is 21.2. The molecule has 196 valence electrons. The number of aryl methyl sites for hydroxylation is 2. The van der Waals surface area contributed by atoms with Gasteiger partial charge in [0.05, 0.1) is 30.8 Å². The molecule has 0 bridgehead atoms. The molecule has 0 unspecified atom stereocenters. The zero-order chi connectivity index (χ0) is 27.0. The van der Waals surface area contributed by atoms with Crippen molar-refractivity contribution >= 4 is 38.7 Å². The van der Waals surface area contributed by atoms with Gasteiger partial charge in [-0.1, -0.05) is 12.1 Å². The highest BCUT2D eigenvalue weighted by molar-refractivity contribution is 7.92. The second-order valence-corrected chi connectivity index (χ2v) is 11.5. The lowest BCUT2D eigenvalue weighted by molar-refractivity contribution is 0.417. The van der Waals surface area contributed by atoms with Gasteiger partial charge in [0.2, 0.25) is 10.0 Å². The van der Waals surface area contributed by atoms with Gasteiger partial charge >= 0.3 is 0 Å². The molecule has 0 saturated carbocycles. The maximum atomic E-state index is 11.9. The van der Waals surface area contributed by atoms with Crippen molar-refractivity contribution in [2.75, 3.05) is 23.0 Å². The number of aromatic nitrogens is 2. The standard InChI is InChI=1S/C28H29N5O3S2/c1-18-10-11-20(16-19(18)2)32-15-7-9-24(32)27-26(23-8-5-6-14-29-23)30-28(37)33(27)21-12-13-22(25(17-21)36-3)31-38(4,34)35/h5-17,26-27,31H,1-4H3,(H,30,37)/t26-,27+/m1/s1. The summed E-state index contributed by atoms with van der Waals surface area (Å²) in [6.07, 6.45) is 4.93. The van der Waals surface area contributed by atoms with Gasteiger partial charge in [-0.25, -0.2) is 8.42 Å². The topological polar surface area (TPSA) is 88.5 Å². The number of thiocarbonyl (C=S) groups is 1. The average molecular weight is 548 g/mol. The van der Waals surface area contributed by atoms with E-state index in [1.54, 1.807) is 18.3 Å². The number of anilines is 2. The van der Waals surface area contributed by atoms with Crippen LogP contribution in [0.25, 0.3) is 5.69 Å². The van der Waals surface area contributed by atoms with E-state index >= 15 is 0 Å². The van der Waals surface area contributed by atoms with Gasteiger partial charge in [-0.2, -0.15) is 0 Å². The van der Waals surface area contributed by atoms with Crippen LogP contribution < -0.4 is 19.7 Å². The maximum Gasteiger partial charge on any atom is 0.229 e. The van der Waals surface area contributed by atoms with E-state index in [9.17, 15) is 8.42 Å². The highest BCUT2D eigenvalue weighted by atomic mass is 32.2. The lowest BCUT2D eigenvalue weighted by Gasteiger charge is -2.29. The average Bonchev–Trinajstić information content (AvgIpc) is 3.50. The van der Waals surface area contributed by atoms with Crippen LogP contribution in [0, 0.1) is 13.8 Å². The third-order valence-corrected chi connectivity index (χ3v) is 7.61. The molecule has 2 atom stereocenters. The molecule has 4 aromatic rings. The summed E-state index contributed by atoms with van der Waals surface area (Å²) >= 11 is 5.87. The Kier molecular flexibility index (Phi) is 6.85. The SMILES string of the molecule is COc1cc(N2C(=S)N[C@H](c3ccccn3)[C@@H]2c2cccn2-c2ccc(C)c(C)c2)ccc1NS(C)(=O)=O. The van der Waals surface area contributed by atoms with Crippen LogP contribution in [-0.2, 0) is 10.0 Å². The zero-order valence-corrected chi connectivity index (χ0v) is 23.2. The molecule has 0 radical (unpaired) electrons. The fourth-order valence-electron chi connectivity index (χ4n) is 4.79. The van der Waals surface area contributed by atoms with Gasteiger partial charge in [-0.05, 0) is 85.7 Å². The fraction of sp³-hybridized carbons (Fsp3) is 0.214. The molecule has 0 aliphatic carbocycles. The van der Waals surface area contributed by atoms with E-state index in [1.807, 2.05) is 41.4 Å². The molecule has 5 rings (SSSR count). The summed E-state index contributed by atoms with van der Waals surface area (Å²) in [5, 5.41) is 4.01. The van der Waals surface area contributed by atoms with Gasteiger partial charge in [0.25, 0.3) is 0 Å². The predicted molar refractivity (Wildman–Crippen MR) is 155 cm³/mol. The van der Waals surface area contributed by atoms with Crippen LogP contribution in [0.2, 0.25) is 0 Å². The maximum absolute atomic E-state index is 11.9. The van der Waals surface area contributed by atoms with Crippen LogP contribution in [-0.4, -0.2) is 36.4 Å². The number of ether oxygens (including phenoxy) is 1.